The Morgan fingerprint density at radius 1 is 1.21 bits per heavy atom. The van der Waals surface area contributed by atoms with E-state index in [-0.39, 0.29) is 17.2 Å². The molecule has 2 aromatic rings. The second kappa shape index (κ2) is 10.7. The highest BCUT2D eigenvalue weighted by Crippen LogP contribution is 2.37. The van der Waals surface area contributed by atoms with Crippen LogP contribution in [0.2, 0.25) is 10.0 Å². The molecule has 0 saturated heterocycles. The summed E-state index contributed by atoms with van der Waals surface area (Å²) in [6.07, 6.45) is 1.41. The summed E-state index contributed by atoms with van der Waals surface area (Å²) >= 11 is 15.2. The zero-order chi connectivity index (χ0) is 21.4. The van der Waals surface area contributed by atoms with E-state index in [9.17, 15) is 10.1 Å². The van der Waals surface area contributed by atoms with Gasteiger partial charge in [-0.2, -0.15) is 10.5 Å². The number of ether oxygens (including phenoxy) is 2. The molecule has 2 aromatic carbocycles. The first-order chi connectivity index (χ1) is 13.9. The van der Waals surface area contributed by atoms with Crippen molar-refractivity contribution in [2.45, 2.75) is 6.92 Å². The van der Waals surface area contributed by atoms with Crippen LogP contribution in [0.4, 0.5) is 5.69 Å². The number of anilines is 1. The van der Waals surface area contributed by atoms with Crippen molar-refractivity contribution in [3.05, 3.63) is 56.0 Å². The van der Waals surface area contributed by atoms with Crippen molar-refractivity contribution in [1.82, 2.24) is 0 Å². The molecule has 0 unspecified atom stereocenters. The van der Waals surface area contributed by atoms with E-state index in [1.54, 1.807) is 31.2 Å². The van der Waals surface area contributed by atoms with Crippen molar-refractivity contribution in [2.24, 2.45) is 0 Å². The fourth-order valence-electron chi connectivity index (χ4n) is 2.27. The number of carbonyl (C=O) groups is 1. The lowest BCUT2D eigenvalue weighted by molar-refractivity contribution is -0.112. The number of hydrogen-bond acceptors (Lipinski definition) is 5. The van der Waals surface area contributed by atoms with E-state index in [1.807, 2.05) is 12.1 Å². The third kappa shape index (κ3) is 6.13. The van der Waals surface area contributed by atoms with Crippen LogP contribution in [0.1, 0.15) is 12.5 Å². The normalized spacial score (nSPS) is 10.6. The van der Waals surface area contributed by atoms with Crippen LogP contribution in [0.25, 0.3) is 6.08 Å². The zero-order valence-electron chi connectivity index (χ0n) is 15.1. The van der Waals surface area contributed by atoms with Crippen molar-refractivity contribution < 1.29 is 14.3 Å². The molecule has 0 fully saturated rings. The Morgan fingerprint density at radius 2 is 1.97 bits per heavy atom. The fourth-order valence-corrected chi connectivity index (χ4v) is 3.14. The second-order valence-electron chi connectivity index (χ2n) is 5.46. The maximum Gasteiger partial charge on any atom is 0.266 e. The largest absolute Gasteiger partial charge is 0.490 e. The lowest BCUT2D eigenvalue weighted by Gasteiger charge is -2.13. The van der Waals surface area contributed by atoms with Crippen LogP contribution in [-0.4, -0.2) is 19.1 Å². The fraction of sp³-hybridized carbons (Fsp3) is 0.150. The maximum atomic E-state index is 12.5. The summed E-state index contributed by atoms with van der Waals surface area (Å²) in [5.41, 5.74) is 0.809. The predicted molar refractivity (Wildman–Crippen MR) is 115 cm³/mol. The van der Waals surface area contributed by atoms with Gasteiger partial charge in [0.1, 0.15) is 17.7 Å². The standard InChI is InChI=1S/C20H14BrCl2N3O3/c1-2-28-18-9-12(8-15(21)19(18)29-6-5-24)7-13(11-25)20(27)26-14-3-4-16(22)17(23)10-14/h3-4,7-10H,2,6H2,1H3,(H,26,27)/b13-7+. The molecule has 0 radical (unpaired) electrons. The van der Waals surface area contributed by atoms with E-state index < -0.39 is 5.91 Å². The zero-order valence-corrected chi connectivity index (χ0v) is 18.2. The van der Waals surface area contributed by atoms with Gasteiger partial charge in [-0.15, -0.1) is 0 Å². The molecule has 0 aliphatic rings. The molecule has 0 aliphatic carbocycles. The quantitative estimate of drug-likeness (QED) is 0.399. The van der Waals surface area contributed by atoms with E-state index in [0.29, 0.717) is 38.9 Å². The van der Waals surface area contributed by atoms with E-state index in [0.717, 1.165) is 0 Å². The number of rotatable bonds is 7. The summed E-state index contributed by atoms with van der Waals surface area (Å²) in [6.45, 7) is 2.02. The molecule has 6 nitrogen and oxygen atoms in total. The lowest BCUT2D eigenvalue weighted by Crippen LogP contribution is -2.13. The molecule has 0 atom stereocenters. The highest BCUT2D eigenvalue weighted by molar-refractivity contribution is 9.10. The van der Waals surface area contributed by atoms with Crippen molar-refractivity contribution in [1.29, 1.82) is 10.5 Å². The highest BCUT2D eigenvalue weighted by Gasteiger charge is 2.15. The third-order valence-electron chi connectivity index (χ3n) is 3.47. The number of nitrogens with zero attached hydrogens (tertiary/aromatic N) is 2. The smallest absolute Gasteiger partial charge is 0.266 e. The summed E-state index contributed by atoms with van der Waals surface area (Å²) in [5.74, 6) is 0.139. The lowest BCUT2D eigenvalue weighted by atomic mass is 10.1. The summed E-state index contributed by atoms with van der Waals surface area (Å²) < 4.78 is 11.4. The molecule has 2 rings (SSSR count). The summed E-state index contributed by atoms with van der Waals surface area (Å²) in [7, 11) is 0. The van der Waals surface area contributed by atoms with Crippen molar-refractivity contribution in [3.8, 4) is 23.6 Å². The van der Waals surface area contributed by atoms with Crippen LogP contribution < -0.4 is 14.8 Å². The van der Waals surface area contributed by atoms with Crippen LogP contribution in [-0.2, 0) is 4.79 Å². The van der Waals surface area contributed by atoms with Crippen LogP contribution in [0.15, 0.2) is 40.4 Å². The SMILES string of the molecule is CCOc1cc(/C=C(\C#N)C(=O)Nc2ccc(Cl)c(Cl)c2)cc(Br)c1OCC#N. The van der Waals surface area contributed by atoms with Gasteiger partial charge in [0.25, 0.3) is 5.91 Å². The van der Waals surface area contributed by atoms with Gasteiger partial charge in [-0.25, -0.2) is 0 Å². The van der Waals surface area contributed by atoms with Gasteiger partial charge in [-0.05, 0) is 64.8 Å². The number of amides is 1. The molecule has 1 N–H and O–H groups in total. The Morgan fingerprint density at radius 3 is 2.59 bits per heavy atom. The van der Waals surface area contributed by atoms with Crippen LogP contribution in [0.3, 0.4) is 0 Å². The first kappa shape index (κ1) is 22.6. The van der Waals surface area contributed by atoms with Gasteiger partial charge in [-0.3, -0.25) is 4.79 Å². The molecule has 0 bridgehead atoms. The minimum Gasteiger partial charge on any atom is -0.490 e. The van der Waals surface area contributed by atoms with Gasteiger partial charge in [-0.1, -0.05) is 23.2 Å². The molecular formula is C20H14BrCl2N3O3. The van der Waals surface area contributed by atoms with E-state index >= 15 is 0 Å². The van der Waals surface area contributed by atoms with Crippen LogP contribution >= 0.6 is 39.1 Å². The first-order valence-electron chi connectivity index (χ1n) is 8.23. The first-order valence-corrected chi connectivity index (χ1v) is 9.78. The molecule has 148 valence electrons. The van der Waals surface area contributed by atoms with Crippen molar-refractivity contribution in [3.63, 3.8) is 0 Å². The number of hydrogen-bond donors (Lipinski definition) is 1. The predicted octanol–water partition coefficient (Wildman–Crippen LogP) is 5.60. The van der Waals surface area contributed by atoms with E-state index in [2.05, 4.69) is 21.2 Å². The van der Waals surface area contributed by atoms with Crippen LogP contribution in [0, 0.1) is 22.7 Å². The Labute approximate surface area is 186 Å². The Balaban J connectivity index is 2.33. The number of nitriles is 2. The van der Waals surface area contributed by atoms with Gasteiger partial charge < -0.3 is 14.8 Å². The summed E-state index contributed by atoms with van der Waals surface area (Å²) in [5, 5.41) is 21.4. The number of carbonyl (C=O) groups excluding carboxylic acids is 1. The summed E-state index contributed by atoms with van der Waals surface area (Å²) in [6, 6.07) is 11.6. The minimum atomic E-state index is -0.607. The van der Waals surface area contributed by atoms with Gasteiger partial charge in [0.15, 0.2) is 18.1 Å². The topological polar surface area (TPSA) is 95.1 Å². The molecule has 1 amide bonds. The second-order valence-corrected chi connectivity index (χ2v) is 7.13. The Hall–Kier alpha value is -2.71. The number of nitrogens with one attached hydrogen (secondary N) is 1. The highest BCUT2D eigenvalue weighted by atomic mass is 79.9. The molecule has 0 spiro atoms. The number of halogens is 3. The minimum absolute atomic E-state index is 0.129. The van der Waals surface area contributed by atoms with Gasteiger partial charge in [0.05, 0.1) is 21.1 Å². The molecule has 9 heteroatoms. The molecule has 0 heterocycles. The average Bonchev–Trinajstić information content (AvgIpc) is 2.68. The Bertz CT molecular complexity index is 1040. The maximum absolute atomic E-state index is 12.5. The van der Waals surface area contributed by atoms with Gasteiger partial charge in [0, 0.05) is 5.69 Å². The number of benzene rings is 2. The molecular weight excluding hydrogens is 481 g/mol. The molecule has 0 aliphatic heterocycles. The molecule has 29 heavy (non-hydrogen) atoms. The van der Waals surface area contributed by atoms with E-state index in [4.69, 9.17) is 37.9 Å². The molecule has 0 saturated carbocycles. The van der Waals surface area contributed by atoms with Gasteiger partial charge >= 0.3 is 0 Å². The van der Waals surface area contributed by atoms with Crippen molar-refractivity contribution in [2.75, 3.05) is 18.5 Å². The third-order valence-corrected chi connectivity index (χ3v) is 4.79. The Kier molecular flexibility index (Phi) is 8.35. The molecule has 0 aromatic heterocycles. The summed E-state index contributed by atoms with van der Waals surface area (Å²) in [4.78, 5) is 12.5. The van der Waals surface area contributed by atoms with Gasteiger partial charge in [0.2, 0.25) is 0 Å². The van der Waals surface area contributed by atoms with Crippen LogP contribution in [0.5, 0.6) is 11.5 Å². The van der Waals surface area contributed by atoms with E-state index in [1.165, 1.54) is 12.1 Å². The monoisotopic (exact) mass is 493 g/mol. The van der Waals surface area contributed by atoms with Crippen molar-refractivity contribution >= 4 is 56.8 Å². The average molecular weight is 495 g/mol.